The summed E-state index contributed by atoms with van der Waals surface area (Å²) in [5.74, 6) is -3.70. The van der Waals surface area contributed by atoms with Gasteiger partial charge in [-0.3, -0.25) is 4.79 Å². The molecule has 0 aliphatic rings. The van der Waals surface area contributed by atoms with E-state index >= 15 is 0 Å². The van der Waals surface area contributed by atoms with Crippen LogP contribution in [0.2, 0.25) is 0 Å². The van der Waals surface area contributed by atoms with E-state index in [4.69, 9.17) is 24.9 Å². The Labute approximate surface area is 134 Å². The van der Waals surface area contributed by atoms with Crippen molar-refractivity contribution in [1.29, 1.82) is 0 Å². The number of anilines is 1. The van der Waals surface area contributed by atoms with Crippen molar-refractivity contribution >= 4 is 23.5 Å². The van der Waals surface area contributed by atoms with E-state index < -0.39 is 11.9 Å². The van der Waals surface area contributed by atoms with Crippen molar-refractivity contribution in [3.05, 3.63) is 29.3 Å². The highest BCUT2D eigenvalue weighted by atomic mass is 16.4. The van der Waals surface area contributed by atoms with Gasteiger partial charge in [0.05, 0.1) is 6.54 Å². The molecule has 1 aromatic carbocycles. The molecule has 1 rings (SSSR count). The first-order chi connectivity index (χ1) is 10.8. The highest BCUT2D eigenvalue weighted by Gasteiger charge is 2.06. The summed E-state index contributed by atoms with van der Waals surface area (Å²) >= 11 is 0. The van der Waals surface area contributed by atoms with Crippen molar-refractivity contribution in [2.75, 3.05) is 25.0 Å². The number of carboxylic acids is 2. The molecule has 0 spiro atoms. The second kappa shape index (κ2) is 11.2. The third kappa shape index (κ3) is 9.22. The molecule has 0 aromatic heterocycles. The zero-order valence-corrected chi connectivity index (χ0v) is 13.1. The number of hydrogen-bond acceptors (Lipinski definition) is 5. The van der Waals surface area contributed by atoms with Crippen molar-refractivity contribution in [2.45, 2.75) is 20.3 Å². The zero-order chi connectivity index (χ0) is 17.8. The topological polar surface area (TPSA) is 136 Å². The van der Waals surface area contributed by atoms with Gasteiger partial charge in [-0.05, 0) is 37.9 Å². The van der Waals surface area contributed by atoms with E-state index in [-0.39, 0.29) is 19.1 Å². The Morgan fingerprint density at radius 1 is 1.04 bits per heavy atom. The summed E-state index contributed by atoms with van der Waals surface area (Å²) in [7, 11) is 0. The number of aliphatic hydroxyl groups is 1. The summed E-state index contributed by atoms with van der Waals surface area (Å²) in [6.07, 6.45) is 0.663. The van der Waals surface area contributed by atoms with Crippen LogP contribution in [0.1, 0.15) is 17.5 Å². The third-order valence-corrected chi connectivity index (χ3v) is 2.73. The van der Waals surface area contributed by atoms with Gasteiger partial charge in [0.1, 0.15) is 0 Å². The van der Waals surface area contributed by atoms with Crippen LogP contribution in [0, 0.1) is 13.8 Å². The number of aliphatic carboxylic acids is 2. The molecule has 8 nitrogen and oxygen atoms in total. The molecule has 0 heterocycles. The van der Waals surface area contributed by atoms with Crippen LogP contribution in [0.5, 0.6) is 0 Å². The zero-order valence-electron chi connectivity index (χ0n) is 13.1. The molecule has 0 radical (unpaired) electrons. The number of carbonyl (C=O) groups is 3. The van der Waals surface area contributed by atoms with E-state index in [1.807, 2.05) is 32.0 Å². The Kier molecular flexibility index (Phi) is 9.97. The number of aryl methyl sites for hydroxylation is 2. The molecule has 128 valence electrons. The quantitative estimate of drug-likeness (QED) is 0.376. The molecule has 0 unspecified atom stereocenters. The number of hydrogen-bond donors (Lipinski definition) is 5. The molecule has 0 atom stereocenters. The van der Waals surface area contributed by atoms with Crippen molar-refractivity contribution in [3.63, 3.8) is 0 Å². The molecule has 23 heavy (non-hydrogen) atoms. The first kappa shape index (κ1) is 20.6. The average molecular weight is 326 g/mol. The number of carbonyl (C=O) groups excluding carboxylic acids is 1. The van der Waals surface area contributed by atoms with Gasteiger partial charge in [0.15, 0.2) is 0 Å². The summed E-state index contributed by atoms with van der Waals surface area (Å²) in [5, 5.41) is 29.2. The second-order valence-corrected chi connectivity index (χ2v) is 4.68. The smallest absolute Gasteiger partial charge is 0.414 e. The van der Waals surface area contributed by atoms with E-state index in [0.717, 1.165) is 16.8 Å². The maximum Gasteiger partial charge on any atom is 0.414 e. The van der Waals surface area contributed by atoms with Crippen LogP contribution in [-0.4, -0.2) is 52.9 Å². The van der Waals surface area contributed by atoms with Gasteiger partial charge >= 0.3 is 11.9 Å². The number of para-hydroxylation sites is 1. The van der Waals surface area contributed by atoms with Gasteiger partial charge < -0.3 is 26.0 Å². The van der Waals surface area contributed by atoms with E-state index in [9.17, 15) is 4.79 Å². The molecule has 0 fully saturated rings. The predicted octanol–water partition coefficient (Wildman–Crippen LogP) is 0.370. The first-order valence-corrected chi connectivity index (χ1v) is 6.93. The minimum absolute atomic E-state index is 0.0552. The lowest BCUT2D eigenvalue weighted by molar-refractivity contribution is -0.159. The van der Waals surface area contributed by atoms with E-state index in [0.29, 0.717) is 13.0 Å². The normalized spacial score (nSPS) is 9.52. The van der Waals surface area contributed by atoms with Crippen LogP contribution < -0.4 is 10.6 Å². The van der Waals surface area contributed by atoms with E-state index in [2.05, 4.69) is 10.6 Å². The lowest BCUT2D eigenvalue weighted by Crippen LogP contribution is -2.29. The molecular weight excluding hydrogens is 304 g/mol. The Bertz CT molecular complexity index is 513. The fourth-order valence-corrected chi connectivity index (χ4v) is 1.60. The molecule has 1 aromatic rings. The van der Waals surface area contributed by atoms with Crippen LogP contribution >= 0.6 is 0 Å². The SMILES string of the molecule is Cc1cccc(C)c1NC(=O)CNCCCO.O=C(O)C(=O)O. The molecule has 0 aliphatic heterocycles. The van der Waals surface area contributed by atoms with Gasteiger partial charge in [-0.25, -0.2) is 9.59 Å². The van der Waals surface area contributed by atoms with Crippen molar-refractivity contribution in [2.24, 2.45) is 0 Å². The van der Waals surface area contributed by atoms with E-state index in [1.165, 1.54) is 0 Å². The van der Waals surface area contributed by atoms with Gasteiger partial charge in [0, 0.05) is 12.3 Å². The third-order valence-electron chi connectivity index (χ3n) is 2.73. The highest BCUT2D eigenvalue weighted by molar-refractivity contribution is 6.27. The van der Waals surface area contributed by atoms with Crippen LogP contribution in [-0.2, 0) is 14.4 Å². The molecule has 0 saturated carbocycles. The molecule has 1 amide bonds. The standard InChI is InChI=1S/C13H20N2O2.C2H2O4/c1-10-5-3-6-11(2)13(10)15-12(17)9-14-7-4-8-16;3-1(4)2(5)6/h3,5-6,14,16H,4,7-9H2,1-2H3,(H,15,17);(H,3,4)(H,5,6). The maximum atomic E-state index is 11.6. The number of amides is 1. The largest absolute Gasteiger partial charge is 0.473 e. The lowest BCUT2D eigenvalue weighted by Gasteiger charge is -2.11. The van der Waals surface area contributed by atoms with Gasteiger partial charge in [0.25, 0.3) is 0 Å². The number of rotatable bonds is 6. The van der Waals surface area contributed by atoms with Gasteiger partial charge in [0.2, 0.25) is 5.91 Å². The number of carboxylic acid groups (broad SMARTS) is 2. The van der Waals surface area contributed by atoms with Gasteiger partial charge in [-0.15, -0.1) is 0 Å². The van der Waals surface area contributed by atoms with Crippen molar-refractivity contribution < 1.29 is 29.7 Å². The first-order valence-electron chi connectivity index (χ1n) is 6.93. The summed E-state index contributed by atoms with van der Waals surface area (Å²) in [6, 6.07) is 5.92. The van der Waals surface area contributed by atoms with Crippen LogP contribution in [0.25, 0.3) is 0 Å². The van der Waals surface area contributed by atoms with E-state index in [1.54, 1.807) is 0 Å². The average Bonchev–Trinajstić information content (AvgIpc) is 2.48. The fraction of sp³-hybridized carbons (Fsp3) is 0.400. The van der Waals surface area contributed by atoms with Crippen LogP contribution in [0.3, 0.4) is 0 Å². The monoisotopic (exact) mass is 326 g/mol. The minimum Gasteiger partial charge on any atom is -0.473 e. The summed E-state index contributed by atoms with van der Waals surface area (Å²) in [5.41, 5.74) is 3.02. The molecule has 0 bridgehead atoms. The Hall–Kier alpha value is -2.45. The molecule has 0 saturated heterocycles. The van der Waals surface area contributed by atoms with Gasteiger partial charge in [-0.2, -0.15) is 0 Å². The van der Waals surface area contributed by atoms with Crippen molar-refractivity contribution in [1.82, 2.24) is 5.32 Å². The Morgan fingerprint density at radius 3 is 2.00 bits per heavy atom. The minimum atomic E-state index is -1.82. The van der Waals surface area contributed by atoms with Crippen molar-refractivity contribution in [3.8, 4) is 0 Å². The Balaban J connectivity index is 0.000000688. The Morgan fingerprint density at radius 2 is 1.57 bits per heavy atom. The molecule has 8 heteroatoms. The van der Waals surface area contributed by atoms with Gasteiger partial charge in [-0.1, -0.05) is 18.2 Å². The summed E-state index contributed by atoms with van der Waals surface area (Å²) < 4.78 is 0. The maximum absolute atomic E-state index is 11.6. The molecule has 0 aliphatic carbocycles. The second-order valence-electron chi connectivity index (χ2n) is 4.68. The number of benzene rings is 1. The summed E-state index contributed by atoms with van der Waals surface area (Å²) in [4.78, 5) is 29.8. The molecular formula is C15H22N2O6. The number of aliphatic hydroxyl groups excluding tert-OH is 1. The lowest BCUT2D eigenvalue weighted by atomic mass is 10.1. The fourth-order valence-electron chi connectivity index (χ4n) is 1.60. The van der Waals surface area contributed by atoms with Crippen LogP contribution in [0.15, 0.2) is 18.2 Å². The predicted molar refractivity (Wildman–Crippen MR) is 84.4 cm³/mol. The number of nitrogens with one attached hydrogen (secondary N) is 2. The summed E-state index contributed by atoms with van der Waals surface area (Å²) in [6.45, 7) is 5.01. The highest BCUT2D eigenvalue weighted by Crippen LogP contribution is 2.18. The van der Waals surface area contributed by atoms with Crippen LogP contribution in [0.4, 0.5) is 5.69 Å². The molecule has 5 N–H and O–H groups in total.